The molecule has 0 saturated heterocycles. The summed E-state index contributed by atoms with van der Waals surface area (Å²) in [5.74, 6) is -0.322. The fraction of sp³-hybridized carbons (Fsp3) is 0.400. The van der Waals surface area contributed by atoms with Crippen LogP contribution in [0, 0.1) is 13.8 Å². The van der Waals surface area contributed by atoms with Gasteiger partial charge in [0.05, 0.1) is 0 Å². The Morgan fingerprint density at radius 2 is 2.00 bits per heavy atom. The van der Waals surface area contributed by atoms with Crippen LogP contribution in [0.1, 0.15) is 46.5 Å². The molecule has 3 nitrogen and oxygen atoms in total. The first-order valence-corrected chi connectivity index (χ1v) is 6.07. The Kier molecular flexibility index (Phi) is 3.16. The summed E-state index contributed by atoms with van der Waals surface area (Å²) in [6.07, 6.45) is 2.69. The molecule has 0 amide bonds. The van der Waals surface area contributed by atoms with Crippen LogP contribution in [0.15, 0.2) is 11.6 Å². The van der Waals surface area contributed by atoms with Gasteiger partial charge in [-0.3, -0.25) is 0 Å². The van der Waals surface area contributed by atoms with E-state index < -0.39 is 5.97 Å². The Hall–Kier alpha value is -1.77. The normalized spacial score (nSPS) is 13.2. The van der Waals surface area contributed by atoms with E-state index in [1.165, 1.54) is 5.57 Å². The molecule has 3 heteroatoms. The van der Waals surface area contributed by atoms with E-state index in [1.54, 1.807) is 0 Å². The molecule has 2 rings (SSSR count). The minimum atomic E-state index is -0.413. The number of carbonyl (C=O) groups is 1. The first-order valence-electron chi connectivity index (χ1n) is 6.07. The Balaban J connectivity index is 2.61. The monoisotopic (exact) mass is 246 g/mol. The first kappa shape index (κ1) is 12.7. The van der Waals surface area contributed by atoms with Crippen molar-refractivity contribution in [3.05, 3.63) is 39.5 Å². The summed E-state index contributed by atoms with van der Waals surface area (Å²) in [4.78, 5) is 11.6. The molecule has 0 radical (unpaired) electrons. The van der Waals surface area contributed by atoms with Gasteiger partial charge < -0.3 is 9.84 Å². The SMILES string of the molecule is CC(C)=CCc1c(C)c(C)c2c(c1O)C(=O)OC2. The molecule has 0 bridgehead atoms. The molecule has 1 aliphatic rings. The lowest BCUT2D eigenvalue weighted by Crippen LogP contribution is -2.02. The summed E-state index contributed by atoms with van der Waals surface area (Å²) in [7, 11) is 0. The maximum atomic E-state index is 11.6. The van der Waals surface area contributed by atoms with Crippen LogP contribution in [0.3, 0.4) is 0 Å². The van der Waals surface area contributed by atoms with Crippen LogP contribution in [0.2, 0.25) is 0 Å². The van der Waals surface area contributed by atoms with Crippen LogP contribution < -0.4 is 0 Å². The Labute approximate surface area is 107 Å². The Morgan fingerprint density at radius 1 is 1.33 bits per heavy atom. The highest BCUT2D eigenvalue weighted by molar-refractivity contribution is 5.97. The van der Waals surface area contributed by atoms with E-state index in [-0.39, 0.29) is 12.4 Å². The Morgan fingerprint density at radius 3 is 2.61 bits per heavy atom. The number of aromatic hydroxyl groups is 1. The standard InChI is InChI=1S/C15H18O3/c1-8(2)5-6-11-9(3)10(4)12-7-18-15(17)13(12)14(11)16/h5,16H,6-7H2,1-4H3. The molecule has 1 heterocycles. The van der Waals surface area contributed by atoms with Gasteiger partial charge in [0.1, 0.15) is 17.9 Å². The molecular formula is C15H18O3. The van der Waals surface area contributed by atoms with Gasteiger partial charge in [0.25, 0.3) is 0 Å². The predicted octanol–water partition coefficient (Wildman–Crippen LogP) is 3.19. The number of fused-ring (bicyclic) bond motifs is 1. The number of phenolic OH excluding ortho intramolecular Hbond substituents is 1. The van der Waals surface area contributed by atoms with Gasteiger partial charge in [-0.15, -0.1) is 0 Å². The van der Waals surface area contributed by atoms with Gasteiger partial charge in [-0.2, -0.15) is 0 Å². The lowest BCUT2D eigenvalue weighted by molar-refractivity contribution is 0.0533. The second-order valence-electron chi connectivity index (χ2n) is 4.99. The number of hydrogen-bond acceptors (Lipinski definition) is 3. The molecule has 0 aliphatic carbocycles. The van der Waals surface area contributed by atoms with Crippen LogP contribution in [-0.2, 0) is 17.8 Å². The smallest absolute Gasteiger partial charge is 0.342 e. The summed E-state index contributed by atoms with van der Waals surface area (Å²) >= 11 is 0. The van der Waals surface area contributed by atoms with Crippen LogP contribution in [0.5, 0.6) is 5.75 Å². The van der Waals surface area contributed by atoms with Crippen molar-refractivity contribution in [1.82, 2.24) is 0 Å². The van der Waals surface area contributed by atoms with E-state index in [4.69, 9.17) is 4.74 Å². The largest absolute Gasteiger partial charge is 0.507 e. The maximum Gasteiger partial charge on any atom is 0.342 e. The zero-order valence-electron chi connectivity index (χ0n) is 11.3. The van der Waals surface area contributed by atoms with E-state index in [2.05, 4.69) is 0 Å². The summed E-state index contributed by atoms with van der Waals surface area (Å²) in [5, 5.41) is 10.3. The van der Waals surface area contributed by atoms with Crippen molar-refractivity contribution in [3.8, 4) is 5.75 Å². The number of carbonyl (C=O) groups excluding carboxylic acids is 1. The first-order chi connectivity index (χ1) is 8.43. The van der Waals surface area contributed by atoms with Crippen molar-refractivity contribution in [3.63, 3.8) is 0 Å². The van der Waals surface area contributed by atoms with E-state index in [0.717, 1.165) is 22.3 Å². The molecule has 0 fully saturated rings. The number of benzene rings is 1. The molecule has 1 aromatic rings. The van der Waals surface area contributed by atoms with E-state index in [0.29, 0.717) is 12.0 Å². The molecule has 0 saturated carbocycles. The summed E-state index contributed by atoms with van der Waals surface area (Å²) in [6.45, 7) is 8.26. The van der Waals surface area contributed by atoms with E-state index >= 15 is 0 Å². The molecule has 96 valence electrons. The average molecular weight is 246 g/mol. The van der Waals surface area contributed by atoms with Gasteiger partial charge in [0.2, 0.25) is 0 Å². The van der Waals surface area contributed by atoms with Crippen molar-refractivity contribution >= 4 is 5.97 Å². The third-order valence-electron chi connectivity index (χ3n) is 3.56. The number of rotatable bonds is 2. The maximum absolute atomic E-state index is 11.6. The van der Waals surface area contributed by atoms with Crippen molar-refractivity contribution < 1.29 is 14.6 Å². The highest BCUT2D eigenvalue weighted by Crippen LogP contribution is 2.37. The van der Waals surface area contributed by atoms with Crippen molar-refractivity contribution in [2.24, 2.45) is 0 Å². The third kappa shape index (κ3) is 1.90. The van der Waals surface area contributed by atoms with Gasteiger partial charge in [-0.1, -0.05) is 11.6 Å². The predicted molar refractivity (Wildman–Crippen MR) is 69.8 cm³/mol. The van der Waals surface area contributed by atoms with Gasteiger partial charge in [0.15, 0.2) is 0 Å². The number of phenols is 1. The second-order valence-corrected chi connectivity index (χ2v) is 4.99. The molecule has 1 aliphatic heterocycles. The highest BCUT2D eigenvalue weighted by Gasteiger charge is 2.30. The highest BCUT2D eigenvalue weighted by atomic mass is 16.5. The van der Waals surface area contributed by atoms with E-state index in [1.807, 2.05) is 33.8 Å². The summed E-state index contributed by atoms with van der Waals surface area (Å²) < 4.78 is 5.01. The average Bonchev–Trinajstić information content (AvgIpc) is 2.68. The number of ether oxygens (including phenoxy) is 1. The number of cyclic esters (lactones) is 1. The quantitative estimate of drug-likeness (QED) is 0.644. The summed E-state index contributed by atoms with van der Waals surface area (Å²) in [5.41, 5.74) is 5.29. The van der Waals surface area contributed by atoms with Crippen LogP contribution in [0.4, 0.5) is 0 Å². The minimum absolute atomic E-state index is 0.0908. The van der Waals surface area contributed by atoms with Crippen molar-refractivity contribution in [2.75, 3.05) is 0 Å². The molecule has 0 unspecified atom stereocenters. The fourth-order valence-electron chi connectivity index (χ4n) is 2.28. The third-order valence-corrected chi connectivity index (χ3v) is 3.56. The lowest BCUT2D eigenvalue weighted by Gasteiger charge is -2.13. The minimum Gasteiger partial charge on any atom is -0.507 e. The molecule has 18 heavy (non-hydrogen) atoms. The molecule has 1 aromatic carbocycles. The second kappa shape index (κ2) is 4.48. The van der Waals surface area contributed by atoms with Crippen LogP contribution in [-0.4, -0.2) is 11.1 Å². The molecule has 0 spiro atoms. The number of esters is 1. The molecule has 0 aromatic heterocycles. The number of allylic oxidation sites excluding steroid dienone is 2. The molecule has 1 N–H and O–H groups in total. The Bertz CT molecular complexity index is 550. The topological polar surface area (TPSA) is 46.5 Å². The number of hydrogen-bond donors (Lipinski definition) is 1. The zero-order valence-corrected chi connectivity index (χ0v) is 11.3. The fourth-order valence-corrected chi connectivity index (χ4v) is 2.28. The van der Waals surface area contributed by atoms with Gasteiger partial charge in [-0.25, -0.2) is 4.79 Å². The zero-order chi connectivity index (χ0) is 13.4. The van der Waals surface area contributed by atoms with Crippen molar-refractivity contribution in [2.45, 2.75) is 40.7 Å². The molecular weight excluding hydrogens is 228 g/mol. The summed E-state index contributed by atoms with van der Waals surface area (Å²) in [6, 6.07) is 0. The van der Waals surface area contributed by atoms with Gasteiger partial charge in [-0.05, 0) is 45.2 Å². The lowest BCUT2D eigenvalue weighted by atomic mass is 9.91. The molecule has 0 atom stereocenters. The van der Waals surface area contributed by atoms with Gasteiger partial charge in [0, 0.05) is 11.1 Å². The van der Waals surface area contributed by atoms with Crippen LogP contribution in [0.25, 0.3) is 0 Å². The van der Waals surface area contributed by atoms with Crippen molar-refractivity contribution in [1.29, 1.82) is 0 Å². The van der Waals surface area contributed by atoms with Crippen LogP contribution >= 0.6 is 0 Å². The van der Waals surface area contributed by atoms with E-state index in [9.17, 15) is 9.90 Å². The van der Waals surface area contributed by atoms with Gasteiger partial charge >= 0.3 is 5.97 Å².